The van der Waals surface area contributed by atoms with Crippen molar-refractivity contribution in [1.29, 1.82) is 0 Å². The van der Waals surface area contributed by atoms with Crippen molar-refractivity contribution in [2.24, 2.45) is 0 Å². The summed E-state index contributed by atoms with van der Waals surface area (Å²) in [7, 11) is 2.14. The molecule has 2 aromatic rings. The van der Waals surface area contributed by atoms with Crippen molar-refractivity contribution < 1.29 is 0 Å². The molecule has 1 saturated heterocycles. The number of piperidine rings is 1. The van der Waals surface area contributed by atoms with Gasteiger partial charge in [0, 0.05) is 50.7 Å². The molecule has 0 bridgehead atoms. The van der Waals surface area contributed by atoms with E-state index in [0.29, 0.717) is 6.04 Å². The summed E-state index contributed by atoms with van der Waals surface area (Å²) in [5.41, 5.74) is 1.02. The Kier molecular flexibility index (Phi) is 4.62. The Hall–Kier alpha value is -2.02. The fourth-order valence-electron chi connectivity index (χ4n) is 2.95. The second-order valence-electron chi connectivity index (χ2n) is 5.87. The number of rotatable bonds is 5. The van der Waals surface area contributed by atoms with Crippen LogP contribution in [0.5, 0.6) is 0 Å². The maximum absolute atomic E-state index is 4.39. The van der Waals surface area contributed by atoms with Gasteiger partial charge in [-0.05, 0) is 19.8 Å². The molecule has 0 unspecified atom stereocenters. The van der Waals surface area contributed by atoms with E-state index in [2.05, 4.69) is 43.2 Å². The molecule has 0 spiro atoms. The second-order valence-corrected chi connectivity index (χ2v) is 5.87. The van der Waals surface area contributed by atoms with Crippen LogP contribution in [0.15, 0.2) is 24.8 Å². The van der Waals surface area contributed by atoms with Gasteiger partial charge in [0.25, 0.3) is 0 Å². The molecule has 1 fully saturated rings. The van der Waals surface area contributed by atoms with Crippen molar-refractivity contribution in [3.63, 3.8) is 0 Å². The molecule has 0 amide bonds. The van der Waals surface area contributed by atoms with Crippen LogP contribution >= 0.6 is 0 Å². The monoisotopic (exact) mass is 301 g/mol. The first kappa shape index (κ1) is 14.9. The lowest BCUT2D eigenvalue weighted by Crippen LogP contribution is -2.44. The third-order valence-electron chi connectivity index (χ3n) is 4.37. The lowest BCUT2D eigenvalue weighted by Gasteiger charge is -2.37. The predicted octanol–water partition coefficient (Wildman–Crippen LogP) is 0.977. The summed E-state index contributed by atoms with van der Waals surface area (Å²) >= 11 is 0. The van der Waals surface area contributed by atoms with E-state index in [4.69, 9.17) is 0 Å². The maximum Gasteiger partial charge on any atom is 0.132 e. The molecule has 0 atom stereocenters. The van der Waals surface area contributed by atoms with Crippen molar-refractivity contribution in [3.05, 3.63) is 30.5 Å². The van der Waals surface area contributed by atoms with E-state index in [9.17, 15) is 0 Å². The van der Waals surface area contributed by atoms with Gasteiger partial charge in [0.05, 0.1) is 12.7 Å². The van der Waals surface area contributed by atoms with E-state index in [1.54, 1.807) is 12.5 Å². The van der Waals surface area contributed by atoms with Gasteiger partial charge in [-0.3, -0.25) is 4.68 Å². The molecule has 22 heavy (non-hydrogen) atoms. The van der Waals surface area contributed by atoms with Gasteiger partial charge in [-0.15, -0.1) is 5.10 Å². The van der Waals surface area contributed by atoms with Crippen LogP contribution in [-0.4, -0.2) is 62.6 Å². The van der Waals surface area contributed by atoms with Crippen molar-refractivity contribution in [3.8, 4) is 0 Å². The summed E-state index contributed by atoms with van der Waals surface area (Å²) < 4.78 is 1.89. The molecule has 7 heteroatoms. The molecule has 0 saturated carbocycles. The minimum Gasteiger partial charge on any atom is -0.356 e. The molecule has 0 aliphatic carbocycles. The van der Waals surface area contributed by atoms with Crippen molar-refractivity contribution in [2.75, 3.05) is 31.6 Å². The predicted molar refractivity (Wildman–Crippen MR) is 84.7 cm³/mol. The smallest absolute Gasteiger partial charge is 0.132 e. The van der Waals surface area contributed by atoms with Crippen LogP contribution in [0.3, 0.4) is 0 Å². The highest BCUT2D eigenvalue weighted by Crippen LogP contribution is 2.20. The van der Waals surface area contributed by atoms with Crippen LogP contribution < -0.4 is 4.90 Å². The molecular formula is C15H23N7. The molecule has 0 aromatic carbocycles. The molecule has 0 radical (unpaired) electrons. The maximum atomic E-state index is 4.39. The minimum atomic E-state index is 0.553. The average molecular weight is 301 g/mol. The summed E-state index contributed by atoms with van der Waals surface area (Å²) in [5, 5.41) is 7.85. The largest absolute Gasteiger partial charge is 0.356 e. The average Bonchev–Trinajstić information content (AvgIpc) is 3.06. The van der Waals surface area contributed by atoms with Crippen LogP contribution in [0.1, 0.15) is 18.5 Å². The van der Waals surface area contributed by atoms with Gasteiger partial charge in [-0.2, -0.15) is 0 Å². The number of aryl methyl sites for hydroxylation is 1. The summed E-state index contributed by atoms with van der Waals surface area (Å²) in [4.78, 5) is 13.3. The molecule has 1 aliphatic rings. The van der Waals surface area contributed by atoms with Crippen LogP contribution in [0.25, 0.3) is 0 Å². The van der Waals surface area contributed by atoms with E-state index < -0.39 is 0 Å². The van der Waals surface area contributed by atoms with Gasteiger partial charge in [-0.25, -0.2) is 9.97 Å². The van der Waals surface area contributed by atoms with Gasteiger partial charge in [0.15, 0.2) is 0 Å². The Bertz CT molecular complexity index is 575. The third-order valence-corrected chi connectivity index (χ3v) is 4.37. The molecule has 1 aliphatic heterocycles. The number of aromatic nitrogens is 5. The second kappa shape index (κ2) is 6.83. The van der Waals surface area contributed by atoms with Crippen LogP contribution in [-0.2, 0) is 6.54 Å². The van der Waals surface area contributed by atoms with Crippen LogP contribution in [0.4, 0.5) is 5.82 Å². The first-order valence-corrected chi connectivity index (χ1v) is 7.80. The zero-order chi connectivity index (χ0) is 15.4. The van der Waals surface area contributed by atoms with Crippen molar-refractivity contribution in [1.82, 2.24) is 29.9 Å². The molecule has 0 N–H and O–H groups in total. The topological polar surface area (TPSA) is 63.0 Å². The number of likely N-dealkylation sites (tertiary alicyclic amines) is 1. The molecule has 7 nitrogen and oxygen atoms in total. The Labute approximate surface area is 131 Å². The molecule has 3 heterocycles. The summed E-state index contributed by atoms with van der Waals surface area (Å²) in [5.74, 6) is 1.02. The number of nitrogens with zero attached hydrogens (tertiary/aromatic N) is 7. The standard InChI is InChI=1S/C15H23N7/c1-13-11-15(17-12-16-13)20(2)14-3-6-21(7-4-14)9-10-22-8-5-18-19-22/h5,8,11-12,14H,3-4,6-7,9-10H2,1-2H3. The fourth-order valence-corrected chi connectivity index (χ4v) is 2.95. The van der Waals surface area contributed by atoms with Crippen LogP contribution in [0.2, 0.25) is 0 Å². The summed E-state index contributed by atoms with van der Waals surface area (Å²) in [6, 6.07) is 2.61. The molecule has 3 rings (SSSR count). The zero-order valence-corrected chi connectivity index (χ0v) is 13.3. The van der Waals surface area contributed by atoms with Gasteiger partial charge in [-0.1, -0.05) is 5.21 Å². The molecular weight excluding hydrogens is 278 g/mol. The first-order chi connectivity index (χ1) is 10.7. The summed E-state index contributed by atoms with van der Waals surface area (Å²) in [6.45, 7) is 6.19. The van der Waals surface area contributed by atoms with E-state index in [0.717, 1.165) is 50.5 Å². The highest BCUT2D eigenvalue weighted by Gasteiger charge is 2.23. The molecule has 2 aromatic heterocycles. The zero-order valence-electron chi connectivity index (χ0n) is 13.3. The minimum absolute atomic E-state index is 0.553. The highest BCUT2D eigenvalue weighted by molar-refractivity contribution is 5.39. The summed E-state index contributed by atoms with van der Waals surface area (Å²) in [6.07, 6.45) is 7.62. The molecule has 118 valence electrons. The Morgan fingerprint density at radius 2 is 2.05 bits per heavy atom. The van der Waals surface area contributed by atoms with E-state index in [1.807, 2.05) is 17.8 Å². The van der Waals surface area contributed by atoms with Crippen molar-refractivity contribution >= 4 is 5.82 Å². The van der Waals surface area contributed by atoms with Crippen LogP contribution in [0, 0.1) is 6.92 Å². The number of hydrogen-bond acceptors (Lipinski definition) is 6. The SMILES string of the molecule is Cc1cc(N(C)C2CCN(CCn3ccnn3)CC2)ncn1. The normalized spacial score (nSPS) is 16.8. The van der Waals surface area contributed by atoms with Gasteiger partial charge in [0.2, 0.25) is 0 Å². The Morgan fingerprint density at radius 3 is 2.73 bits per heavy atom. The third kappa shape index (κ3) is 3.59. The van der Waals surface area contributed by atoms with Gasteiger partial charge >= 0.3 is 0 Å². The quantitative estimate of drug-likeness (QED) is 0.820. The lowest BCUT2D eigenvalue weighted by atomic mass is 10.0. The van der Waals surface area contributed by atoms with Gasteiger partial charge < -0.3 is 9.80 Å². The van der Waals surface area contributed by atoms with Crippen molar-refractivity contribution in [2.45, 2.75) is 32.4 Å². The van der Waals surface area contributed by atoms with Gasteiger partial charge in [0.1, 0.15) is 12.1 Å². The number of anilines is 1. The van der Waals surface area contributed by atoms with E-state index in [1.165, 1.54) is 0 Å². The Balaban J connectivity index is 1.48. The Morgan fingerprint density at radius 1 is 1.23 bits per heavy atom. The van der Waals surface area contributed by atoms with E-state index >= 15 is 0 Å². The lowest BCUT2D eigenvalue weighted by molar-refractivity contribution is 0.201. The fraction of sp³-hybridized carbons (Fsp3) is 0.600. The first-order valence-electron chi connectivity index (χ1n) is 7.80. The highest BCUT2D eigenvalue weighted by atomic mass is 15.4. The number of hydrogen-bond donors (Lipinski definition) is 0. The van der Waals surface area contributed by atoms with E-state index in [-0.39, 0.29) is 0 Å².